The Morgan fingerprint density at radius 1 is 0.875 bits per heavy atom. The number of amides is 1. The maximum Gasteiger partial charge on any atom is 0.264 e. The maximum atomic E-state index is 13.6. The van der Waals surface area contributed by atoms with Crippen LogP contribution in [0, 0.1) is 3.57 Å². The van der Waals surface area contributed by atoms with E-state index in [1.54, 1.807) is 29.2 Å². The molecule has 0 aliphatic carbocycles. The number of benzene rings is 4. The summed E-state index contributed by atoms with van der Waals surface area (Å²) in [7, 11) is 0. The predicted molar refractivity (Wildman–Crippen MR) is 134 cm³/mol. The summed E-state index contributed by atoms with van der Waals surface area (Å²) >= 11 is 2.17. The van der Waals surface area contributed by atoms with E-state index in [2.05, 4.69) is 22.6 Å². The Bertz CT molecular complexity index is 1340. The minimum absolute atomic E-state index is 0.265. The zero-order valence-electron chi connectivity index (χ0n) is 17.2. The van der Waals surface area contributed by atoms with Crippen molar-refractivity contribution in [1.29, 1.82) is 0 Å². The largest absolute Gasteiger partial charge is 0.375 e. The molecule has 158 valence electrons. The molecule has 5 rings (SSSR count). The Kier molecular flexibility index (Phi) is 5.31. The Morgan fingerprint density at radius 3 is 2.38 bits per heavy atom. The fraction of sp³-hybridized carbons (Fsp3) is 0.111. The third kappa shape index (κ3) is 3.51. The highest BCUT2D eigenvalue weighted by molar-refractivity contribution is 14.1. The number of hydrogen-bond donors (Lipinski definition) is 1. The SMILES string of the molecule is O=C(CC1(O)C(=O)N(Cc2cccc3ccccc23)c2ccccc21)c1ccc(I)cc1. The first-order valence-electron chi connectivity index (χ1n) is 10.4. The van der Waals surface area contributed by atoms with Crippen LogP contribution in [0.4, 0.5) is 5.69 Å². The molecule has 1 amide bonds. The molecule has 1 aliphatic rings. The summed E-state index contributed by atoms with van der Waals surface area (Å²) in [6.45, 7) is 0.317. The number of carbonyl (C=O) groups excluding carboxylic acids is 2. The average Bonchev–Trinajstić information content (AvgIpc) is 3.01. The van der Waals surface area contributed by atoms with Crippen LogP contribution in [-0.2, 0) is 16.9 Å². The zero-order chi connectivity index (χ0) is 22.3. The van der Waals surface area contributed by atoms with E-state index in [0.717, 1.165) is 19.9 Å². The molecule has 0 radical (unpaired) electrons. The Labute approximate surface area is 199 Å². The highest BCUT2D eigenvalue weighted by Crippen LogP contribution is 2.43. The van der Waals surface area contributed by atoms with Gasteiger partial charge in [-0.05, 0) is 57.1 Å². The number of ketones is 1. The van der Waals surface area contributed by atoms with Crippen LogP contribution < -0.4 is 4.90 Å². The van der Waals surface area contributed by atoms with E-state index in [9.17, 15) is 14.7 Å². The van der Waals surface area contributed by atoms with Crippen LogP contribution >= 0.6 is 22.6 Å². The van der Waals surface area contributed by atoms with E-state index in [-0.39, 0.29) is 12.2 Å². The molecule has 0 fully saturated rings. The molecule has 1 aliphatic heterocycles. The van der Waals surface area contributed by atoms with Crippen molar-refractivity contribution in [2.75, 3.05) is 4.90 Å². The number of para-hydroxylation sites is 1. The molecule has 1 heterocycles. The summed E-state index contributed by atoms with van der Waals surface area (Å²) < 4.78 is 1.02. The monoisotopic (exact) mass is 533 g/mol. The van der Waals surface area contributed by atoms with Gasteiger partial charge in [-0.1, -0.05) is 72.8 Å². The van der Waals surface area contributed by atoms with Gasteiger partial charge in [0.1, 0.15) is 0 Å². The third-order valence-corrected chi connectivity index (χ3v) is 6.75. The summed E-state index contributed by atoms with van der Waals surface area (Å²) in [5.74, 6) is -0.732. The van der Waals surface area contributed by atoms with Crippen molar-refractivity contribution in [2.24, 2.45) is 0 Å². The molecule has 5 heteroatoms. The lowest BCUT2D eigenvalue weighted by Crippen LogP contribution is -2.41. The van der Waals surface area contributed by atoms with Crippen molar-refractivity contribution in [3.05, 3.63) is 111 Å². The second-order valence-corrected chi connectivity index (χ2v) is 9.26. The van der Waals surface area contributed by atoms with Crippen molar-refractivity contribution >= 4 is 50.7 Å². The van der Waals surface area contributed by atoms with Crippen LogP contribution in [0.1, 0.15) is 27.9 Å². The lowest BCUT2D eigenvalue weighted by molar-refractivity contribution is -0.136. The number of carbonyl (C=O) groups is 2. The number of fused-ring (bicyclic) bond motifs is 2. The van der Waals surface area contributed by atoms with Crippen LogP contribution in [0.15, 0.2) is 91.0 Å². The molecule has 32 heavy (non-hydrogen) atoms. The maximum absolute atomic E-state index is 13.6. The molecular weight excluding hydrogens is 513 g/mol. The van der Waals surface area contributed by atoms with Crippen LogP contribution in [0.25, 0.3) is 10.8 Å². The molecule has 1 N–H and O–H groups in total. The van der Waals surface area contributed by atoms with Crippen LogP contribution in [0.3, 0.4) is 0 Å². The van der Waals surface area contributed by atoms with E-state index in [4.69, 9.17) is 0 Å². The number of Topliss-reactive ketones (excluding diaryl/α,β-unsaturated/α-hetero) is 1. The van der Waals surface area contributed by atoms with Gasteiger partial charge in [0.05, 0.1) is 18.7 Å². The highest BCUT2D eigenvalue weighted by atomic mass is 127. The van der Waals surface area contributed by atoms with Gasteiger partial charge in [0.15, 0.2) is 11.4 Å². The lowest BCUT2D eigenvalue weighted by Gasteiger charge is -2.23. The molecule has 4 aromatic carbocycles. The molecule has 0 aromatic heterocycles. The smallest absolute Gasteiger partial charge is 0.264 e. The van der Waals surface area contributed by atoms with Crippen molar-refractivity contribution in [3.63, 3.8) is 0 Å². The second-order valence-electron chi connectivity index (χ2n) is 8.01. The lowest BCUT2D eigenvalue weighted by atomic mass is 9.88. The minimum atomic E-state index is -1.89. The predicted octanol–water partition coefficient (Wildman–Crippen LogP) is 5.45. The molecule has 0 spiro atoms. The van der Waals surface area contributed by atoms with E-state index in [0.29, 0.717) is 23.4 Å². The number of nitrogens with zero attached hydrogens (tertiary/aromatic N) is 1. The number of hydrogen-bond acceptors (Lipinski definition) is 3. The quantitative estimate of drug-likeness (QED) is 0.274. The van der Waals surface area contributed by atoms with Crippen LogP contribution in [0.2, 0.25) is 0 Å². The molecule has 0 bridgehead atoms. The van der Waals surface area contributed by atoms with Gasteiger partial charge in [0.2, 0.25) is 0 Å². The molecular formula is C27H20INO3. The Hall–Kier alpha value is -3.03. The van der Waals surface area contributed by atoms with Crippen molar-refractivity contribution < 1.29 is 14.7 Å². The fourth-order valence-electron chi connectivity index (χ4n) is 4.41. The summed E-state index contributed by atoms with van der Waals surface area (Å²) in [5, 5.41) is 13.7. The first kappa shape index (κ1) is 20.8. The van der Waals surface area contributed by atoms with Crippen molar-refractivity contribution in [2.45, 2.75) is 18.6 Å². The van der Waals surface area contributed by atoms with Gasteiger partial charge in [0, 0.05) is 14.7 Å². The standard InChI is InChI=1S/C27H20INO3/c28-21-14-12-19(13-15-21)25(30)16-27(32)23-10-3-4-11-24(23)29(26(27)31)17-20-8-5-7-18-6-1-2-9-22(18)20/h1-15,32H,16-17H2. The van der Waals surface area contributed by atoms with Gasteiger partial charge in [-0.2, -0.15) is 0 Å². The number of halogens is 1. The molecule has 4 aromatic rings. The van der Waals surface area contributed by atoms with Gasteiger partial charge in [-0.25, -0.2) is 0 Å². The molecule has 0 saturated carbocycles. The molecule has 1 unspecified atom stereocenters. The number of rotatable bonds is 5. The Morgan fingerprint density at radius 2 is 1.56 bits per heavy atom. The first-order chi connectivity index (χ1) is 15.5. The topological polar surface area (TPSA) is 57.6 Å². The van der Waals surface area contributed by atoms with E-state index < -0.39 is 11.5 Å². The van der Waals surface area contributed by atoms with Gasteiger partial charge in [-0.15, -0.1) is 0 Å². The number of aliphatic hydroxyl groups is 1. The van der Waals surface area contributed by atoms with Gasteiger partial charge < -0.3 is 10.0 Å². The van der Waals surface area contributed by atoms with Crippen LogP contribution in [-0.4, -0.2) is 16.8 Å². The second kappa shape index (κ2) is 8.15. The van der Waals surface area contributed by atoms with E-state index in [1.165, 1.54) is 0 Å². The third-order valence-electron chi connectivity index (χ3n) is 6.03. The highest BCUT2D eigenvalue weighted by Gasteiger charge is 2.50. The first-order valence-corrected chi connectivity index (χ1v) is 11.4. The summed E-state index contributed by atoms with van der Waals surface area (Å²) in [5.41, 5.74) is 0.699. The summed E-state index contributed by atoms with van der Waals surface area (Å²) in [4.78, 5) is 28.1. The van der Waals surface area contributed by atoms with E-state index in [1.807, 2.05) is 66.7 Å². The number of anilines is 1. The zero-order valence-corrected chi connectivity index (χ0v) is 19.3. The van der Waals surface area contributed by atoms with Gasteiger partial charge in [-0.3, -0.25) is 9.59 Å². The fourth-order valence-corrected chi connectivity index (χ4v) is 4.76. The van der Waals surface area contributed by atoms with Gasteiger partial charge in [0.25, 0.3) is 5.91 Å². The summed E-state index contributed by atoms with van der Waals surface area (Å²) in [6, 6.07) is 28.4. The van der Waals surface area contributed by atoms with E-state index >= 15 is 0 Å². The Balaban J connectivity index is 1.51. The van der Waals surface area contributed by atoms with Gasteiger partial charge >= 0.3 is 0 Å². The minimum Gasteiger partial charge on any atom is -0.375 e. The molecule has 0 saturated heterocycles. The van der Waals surface area contributed by atoms with Crippen molar-refractivity contribution in [3.8, 4) is 0 Å². The molecule has 4 nitrogen and oxygen atoms in total. The summed E-state index contributed by atoms with van der Waals surface area (Å²) in [6.07, 6.45) is -0.296. The molecule has 1 atom stereocenters. The van der Waals surface area contributed by atoms with Crippen molar-refractivity contribution in [1.82, 2.24) is 0 Å². The average molecular weight is 533 g/mol. The van der Waals surface area contributed by atoms with Crippen LogP contribution in [0.5, 0.6) is 0 Å². The normalized spacial score (nSPS) is 17.6.